The molecule has 0 aromatic rings. The van der Waals surface area contributed by atoms with Crippen molar-refractivity contribution in [2.24, 2.45) is 5.73 Å². The lowest BCUT2D eigenvalue weighted by Crippen LogP contribution is -2.72. The van der Waals surface area contributed by atoms with E-state index in [0.29, 0.717) is 44.9 Å². The maximum atomic E-state index is 14.9. The molecule has 37 nitrogen and oxygen atoms in total. The molecule has 6 rings (SSSR count). The van der Waals surface area contributed by atoms with Crippen molar-refractivity contribution in [2.75, 3.05) is 79.1 Å². The van der Waals surface area contributed by atoms with Crippen LogP contribution in [0.5, 0.6) is 0 Å². The number of unbranched alkanes of at least 4 members (excludes halogenated alkanes) is 16. The van der Waals surface area contributed by atoms with Crippen LogP contribution in [0.25, 0.3) is 0 Å². The number of hydrogen-bond acceptors (Lipinski definition) is 35. The van der Waals surface area contributed by atoms with Crippen LogP contribution in [0.3, 0.4) is 0 Å². The van der Waals surface area contributed by atoms with Crippen LogP contribution in [0, 0.1) is 0 Å². The third-order valence-corrected chi connectivity index (χ3v) is 26.3. The highest BCUT2D eigenvalue weighted by Gasteiger charge is 2.92. The molecule has 0 aromatic carbocycles. The van der Waals surface area contributed by atoms with Crippen LogP contribution in [0.15, 0.2) is 0 Å². The van der Waals surface area contributed by atoms with Crippen LogP contribution in [0.1, 0.15) is 169 Å². The number of amides is 1. The first kappa shape index (κ1) is 131. The molecule has 0 bridgehead atoms. The van der Waals surface area contributed by atoms with Crippen molar-refractivity contribution < 1.29 is 286 Å². The standard InChI is InChI=1S/C84H131F26N3O34/c1-6-113(7-2,8-3)147-71(132)72(31-42(120)48(111)62(145-72)51(123)43(121)32-114)146-65-53(125)45(34-116)138-70(59(65)131)142-61-47(36-118)139-66(49(112-40(5)119)63(61)143-68-56(128)54(126)50(122)39(4)136-68)144-64-52(124)44(33-115)137-69(58(64)130)141-60-46(35-117)140-67(57(129)55(60)127)135-38-41(134-30-26-22-18-14-10-12-16-20-24-28-74(87,88)76(91,92)78(95,96)80(99,100)82(103,104)84(108,109)110)37-133-29-25-21-17-13-9-11-15-19-23-27-73(85,86)75(89,90)77(93,94)79(97,98)81(101,102)83(105,106)107/h39,41-70,114-118,120-131H,6-38,111H2,1-5H3/p+1/t39-,41-,42+,43+,44-,45+,46-,47-,48-,49+,50+,51+,52+,53-,54-,55+,56+,57+,58+,59-,60+,61?,62+,63-,64+,65-,66+,67+,68-,69?,70-,72+/m1/s1. The van der Waals surface area contributed by atoms with Crippen LogP contribution in [-0.4, -0.2) is 450 Å². The van der Waals surface area contributed by atoms with Gasteiger partial charge >= 0.3 is 77.5 Å². The van der Waals surface area contributed by atoms with E-state index in [0.717, 1.165) is 6.92 Å². The summed E-state index contributed by atoms with van der Waals surface area (Å²) in [6.07, 6.45) is -82.4. The smallest absolute Gasteiger partial charge is 0.394 e. The molecular weight excluding hydrogens is 2090 g/mol. The van der Waals surface area contributed by atoms with Gasteiger partial charge in [0, 0.05) is 39.4 Å². The SMILES string of the molecule is CC[N+](CC)(CC)OC(=O)[C@@]1(O[C@H]2[C@@H](O)[C@@H](OC3[C@@H](CO)O[C@@H](O[C@H]4[C@@H](O)[C@@H](CO)OC(O[C@@H]5[C@@H](O)[C@H](O)[C@@H](OC[C@@H](COCCCCCCCCCCCC(F)(F)C(F)(F)C(F)(F)C(F)(F)C(F)(F)C(F)(F)F)OCCCCCCCCCCCC(F)(F)C(F)(F)C(F)(F)C(F)(F)C(F)(F)C(F)(F)F)O[C@@H]5CO)[C@H]4O)[C@@H](NC(C)=O)[C@H]3O[C@H]3O[C@H](C)[C@H](O)[C@@H](O)[C@@H]3O)O[C@@H](CO)[C@H]2O)C[C@H](O)[C@@H](N)[C@@H]([C@@H](O)[C@@H](O)CO)O1. The molecular formula is C84H132F26N3O34+. The van der Waals surface area contributed by atoms with Gasteiger partial charge in [0.15, 0.2) is 31.5 Å². The Balaban J connectivity index is 1.17. The third kappa shape index (κ3) is 29.8. The van der Waals surface area contributed by atoms with Crippen LogP contribution < -0.4 is 11.1 Å². The van der Waals surface area contributed by atoms with Crippen molar-refractivity contribution in [3.05, 3.63) is 0 Å². The molecule has 0 spiro atoms. The maximum absolute atomic E-state index is 14.9. The first-order valence-corrected chi connectivity index (χ1v) is 47.2. The molecule has 0 saturated carbocycles. The minimum atomic E-state index is -8.05. The number of carbonyl (C=O) groups is 2. The molecule has 6 fully saturated rings. The molecule has 0 aliphatic carbocycles. The summed E-state index contributed by atoms with van der Waals surface area (Å²) in [6, 6.07) is -3.81. The third-order valence-electron chi connectivity index (χ3n) is 26.3. The molecule has 6 aliphatic heterocycles. The zero-order valence-electron chi connectivity index (χ0n) is 79.6. The molecule has 20 N–H and O–H groups in total. The van der Waals surface area contributed by atoms with E-state index < -0.39 is 369 Å². The Hall–Kier alpha value is -4.20. The summed E-state index contributed by atoms with van der Waals surface area (Å²) in [4.78, 5) is 34.4. The predicted octanol–water partition coefficient (Wildman–Crippen LogP) is 4.20. The van der Waals surface area contributed by atoms with Gasteiger partial charge in [-0.25, -0.2) is 4.79 Å². The second-order valence-corrected chi connectivity index (χ2v) is 36.8. The summed E-state index contributed by atoms with van der Waals surface area (Å²) in [5.41, 5.74) is 6.24. The molecule has 0 radical (unpaired) electrons. The number of rotatable bonds is 61. The maximum Gasteiger partial charge on any atom is 0.460 e. The highest BCUT2D eigenvalue weighted by Crippen LogP contribution is 2.63. The van der Waals surface area contributed by atoms with Gasteiger partial charge in [-0.3, -0.25) is 9.63 Å². The lowest BCUT2D eigenvalue weighted by molar-refractivity contribution is -1.09. The minimum absolute atomic E-state index is 0.0511. The number of hydroxylamine groups is 3. The Morgan fingerprint density at radius 3 is 1.22 bits per heavy atom. The first-order chi connectivity index (χ1) is 67.9. The molecule has 6 saturated heterocycles. The largest absolute Gasteiger partial charge is 0.460 e. The second kappa shape index (κ2) is 54.2. The van der Waals surface area contributed by atoms with Gasteiger partial charge in [-0.2, -0.15) is 114 Å². The van der Waals surface area contributed by atoms with E-state index in [2.05, 4.69) is 5.32 Å². The molecule has 6 aliphatic rings. The zero-order valence-corrected chi connectivity index (χ0v) is 79.6. The summed E-state index contributed by atoms with van der Waals surface area (Å²) in [5, 5.41) is 195. The first-order valence-electron chi connectivity index (χ1n) is 47.2. The molecule has 63 heteroatoms. The number of quaternary nitrogens is 1. The summed E-state index contributed by atoms with van der Waals surface area (Å²) in [7, 11) is 0. The van der Waals surface area contributed by atoms with Gasteiger partial charge in [0.1, 0.15) is 160 Å². The highest BCUT2D eigenvalue weighted by atomic mass is 19.4. The van der Waals surface area contributed by atoms with Crippen LogP contribution in [0.4, 0.5) is 114 Å². The van der Waals surface area contributed by atoms with E-state index in [9.17, 15) is 211 Å². The number of hydrogen-bond donors (Lipinski definition) is 19. The van der Waals surface area contributed by atoms with Crippen molar-refractivity contribution in [3.8, 4) is 0 Å². The summed E-state index contributed by atoms with van der Waals surface area (Å²) in [5.74, 6) is -80.7. The van der Waals surface area contributed by atoms with Gasteiger partial charge in [-0.05, 0) is 53.4 Å². The summed E-state index contributed by atoms with van der Waals surface area (Å²) < 4.78 is 437. The van der Waals surface area contributed by atoms with Gasteiger partial charge in [0.05, 0.1) is 64.5 Å². The number of aliphatic hydroxyl groups is 17. The molecule has 1 amide bonds. The number of nitrogens with one attached hydrogen (secondary N) is 1. The number of aliphatic hydroxyl groups excluding tert-OH is 17. The fourth-order valence-electron chi connectivity index (χ4n) is 17.0. The van der Waals surface area contributed by atoms with Crippen LogP contribution in [-0.2, 0) is 80.7 Å². The number of halogens is 26. The van der Waals surface area contributed by atoms with E-state index in [1.54, 1.807) is 20.8 Å². The van der Waals surface area contributed by atoms with E-state index in [4.69, 9.17) is 76.9 Å². The van der Waals surface area contributed by atoms with Crippen molar-refractivity contribution in [2.45, 2.75) is 437 Å². The summed E-state index contributed by atoms with van der Waals surface area (Å²) >= 11 is 0. The Bertz CT molecular complexity index is 3900. The van der Waals surface area contributed by atoms with E-state index in [1.807, 2.05) is 0 Å². The van der Waals surface area contributed by atoms with E-state index in [1.165, 1.54) is 6.92 Å². The fraction of sp³-hybridized carbons (Fsp3) is 0.976. The van der Waals surface area contributed by atoms with E-state index in [-0.39, 0.29) is 84.4 Å². The number of nitrogens with zero attached hydrogens (tertiary/aromatic N) is 1. The quantitative estimate of drug-likeness (QED) is 0.0176. The lowest BCUT2D eigenvalue weighted by atomic mass is 9.88. The predicted molar refractivity (Wildman–Crippen MR) is 437 cm³/mol. The van der Waals surface area contributed by atoms with Crippen molar-refractivity contribution >= 4 is 11.9 Å². The van der Waals surface area contributed by atoms with Gasteiger partial charge in [0.2, 0.25) is 5.91 Å². The van der Waals surface area contributed by atoms with E-state index >= 15 is 0 Å². The number of alkyl halides is 26. The molecule has 868 valence electrons. The molecule has 2 unspecified atom stereocenters. The molecule has 0 aromatic heterocycles. The van der Waals surface area contributed by atoms with Crippen LogP contribution >= 0.6 is 0 Å². The van der Waals surface area contributed by atoms with Gasteiger partial charge in [-0.15, -0.1) is 4.65 Å². The van der Waals surface area contributed by atoms with Crippen molar-refractivity contribution in [3.63, 3.8) is 0 Å². The summed E-state index contributed by atoms with van der Waals surface area (Å²) in [6.45, 7) is -0.286. The van der Waals surface area contributed by atoms with Gasteiger partial charge < -0.3 is 164 Å². The molecule has 6 heterocycles. The number of nitrogens with two attached hydrogens (primary N) is 1. The van der Waals surface area contributed by atoms with Gasteiger partial charge in [0.25, 0.3) is 5.79 Å². The normalized spacial score (nSPS) is 33.0. The fourth-order valence-corrected chi connectivity index (χ4v) is 17.0. The number of ether oxygens (including phenoxy) is 14. The van der Waals surface area contributed by atoms with Crippen molar-refractivity contribution in [1.29, 1.82) is 0 Å². The second-order valence-electron chi connectivity index (χ2n) is 36.8. The zero-order chi connectivity index (χ0) is 112. The van der Waals surface area contributed by atoms with Gasteiger partial charge in [-0.1, -0.05) is 89.9 Å². The lowest BCUT2D eigenvalue weighted by Gasteiger charge is -2.52. The Morgan fingerprint density at radius 1 is 0.415 bits per heavy atom. The average Bonchev–Trinajstić information content (AvgIpc) is 0.713. The highest BCUT2D eigenvalue weighted by molar-refractivity contribution is 5.78. The number of carbonyl (C=O) groups excluding carboxylic acids is 2. The topological polar surface area (TPSA) is 555 Å². The minimum Gasteiger partial charge on any atom is -0.394 e. The monoisotopic (exact) mass is 2220 g/mol. The van der Waals surface area contributed by atoms with Crippen molar-refractivity contribution in [1.82, 2.24) is 5.32 Å². The average molecular weight is 2220 g/mol. The molecule has 32 atom stereocenters. The van der Waals surface area contributed by atoms with Crippen LogP contribution in [0.2, 0.25) is 0 Å². The Labute approximate surface area is 823 Å². The Morgan fingerprint density at radius 2 is 0.789 bits per heavy atom. The molecule has 147 heavy (non-hydrogen) atoms. The Kier molecular flexibility index (Phi) is 48.4.